The van der Waals surface area contributed by atoms with E-state index in [-0.39, 0.29) is 6.10 Å². The molecule has 16 heavy (non-hydrogen) atoms. The molecule has 1 atom stereocenters. The Morgan fingerprint density at radius 3 is 2.25 bits per heavy atom. The molecule has 0 aliphatic carbocycles. The smallest absolute Gasteiger partial charge is 0.0790 e. The number of aliphatic hydroxyl groups is 1. The predicted octanol–water partition coefficient (Wildman–Crippen LogP) is 4.25. The van der Waals surface area contributed by atoms with Crippen molar-refractivity contribution in [3.63, 3.8) is 0 Å². The fraction of sp³-hybridized carbons (Fsp3) is 0.600. The molecule has 1 rings (SSSR count). The Kier molecular flexibility index (Phi) is 6.17. The maximum Gasteiger partial charge on any atom is 0.0790 e. The van der Waals surface area contributed by atoms with Gasteiger partial charge in [-0.2, -0.15) is 0 Å². The first-order valence-corrected chi connectivity index (χ1v) is 6.54. The molecule has 1 aromatic rings. The second-order valence-electron chi connectivity index (χ2n) is 4.46. The fourth-order valence-electron chi connectivity index (χ4n) is 1.91. The SMILES string of the molecule is CCCCCCC(O)c1ccc(CC)cc1. The van der Waals surface area contributed by atoms with Crippen LogP contribution in [-0.2, 0) is 6.42 Å². The summed E-state index contributed by atoms with van der Waals surface area (Å²) in [5, 5.41) is 9.98. The molecule has 0 aliphatic heterocycles. The number of benzene rings is 1. The monoisotopic (exact) mass is 220 g/mol. The van der Waals surface area contributed by atoms with Gasteiger partial charge in [-0.1, -0.05) is 63.8 Å². The minimum Gasteiger partial charge on any atom is -0.388 e. The van der Waals surface area contributed by atoms with Gasteiger partial charge in [0.05, 0.1) is 6.10 Å². The zero-order chi connectivity index (χ0) is 11.8. The van der Waals surface area contributed by atoms with Crippen LogP contribution in [0.15, 0.2) is 24.3 Å². The average Bonchev–Trinajstić information content (AvgIpc) is 2.34. The Morgan fingerprint density at radius 2 is 1.69 bits per heavy atom. The molecule has 0 aliphatic rings. The van der Waals surface area contributed by atoms with Crippen molar-refractivity contribution < 1.29 is 5.11 Å². The van der Waals surface area contributed by atoms with E-state index in [1.165, 1.54) is 24.8 Å². The molecule has 1 unspecified atom stereocenters. The summed E-state index contributed by atoms with van der Waals surface area (Å²) in [6.07, 6.45) is 6.58. The first-order valence-electron chi connectivity index (χ1n) is 6.54. The molecule has 0 bridgehead atoms. The van der Waals surface area contributed by atoms with Crippen LogP contribution in [0.5, 0.6) is 0 Å². The summed E-state index contributed by atoms with van der Waals surface area (Å²) >= 11 is 0. The molecule has 1 nitrogen and oxygen atoms in total. The van der Waals surface area contributed by atoms with Gasteiger partial charge in [-0.25, -0.2) is 0 Å². The lowest BCUT2D eigenvalue weighted by Gasteiger charge is -2.11. The van der Waals surface area contributed by atoms with Gasteiger partial charge in [-0.15, -0.1) is 0 Å². The van der Waals surface area contributed by atoms with E-state index in [4.69, 9.17) is 0 Å². The van der Waals surface area contributed by atoms with Crippen molar-refractivity contribution in [3.05, 3.63) is 35.4 Å². The van der Waals surface area contributed by atoms with E-state index in [9.17, 15) is 5.11 Å². The van der Waals surface area contributed by atoms with Crippen LogP contribution in [0, 0.1) is 0 Å². The third-order valence-electron chi connectivity index (χ3n) is 3.10. The Bertz CT molecular complexity index is 276. The van der Waals surface area contributed by atoms with Crippen LogP contribution in [0.4, 0.5) is 0 Å². The molecular weight excluding hydrogens is 196 g/mol. The summed E-state index contributed by atoms with van der Waals surface area (Å²) in [6, 6.07) is 8.35. The normalized spacial score (nSPS) is 12.7. The van der Waals surface area contributed by atoms with Crippen LogP contribution < -0.4 is 0 Å². The zero-order valence-corrected chi connectivity index (χ0v) is 10.6. The highest BCUT2D eigenvalue weighted by molar-refractivity contribution is 5.23. The molecule has 0 saturated carbocycles. The lowest BCUT2D eigenvalue weighted by atomic mass is 10.0. The third kappa shape index (κ3) is 4.36. The van der Waals surface area contributed by atoms with Gasteiger partial charge in [0, 0.05) is 0 Å². The fourth-order valence-corrected chi connectivity index (χ4v) is 1.91. The summed E-state index contributed by atoms with van der Waals surface area (Å²) in [5.74, 6) is 0. The Labute approximate surface area is 99.5 Å². The summed E-state index contributed by atoms with van der Waals surface area (Å²) < 4.78 is 0. The number of unbranched alkanes of at least 4 members (excludes halogenated alkanes) is 3. The number of aliphatic hydroxyl groups excluding tert-OH is 1. The van der Waals surface area contributed by atoms with Crippen LogP contribution in [0.2, 0.25) is 0 Å². The molecule has 0 spiro atoms. The largest absolute Gasteiger partial charge is 0.388 e. The highest BCUT2D eigenvalue weighted by Crippen LogP contribution is 2.20. The van der Waals surface area contributed by atoms with Gasteiger partial charge in [0.2, 0.25) is 0 Å². The summed E-state index contributed by atoms with van der Waals surface area (Å²) in [7, 11) is 0. The van der Waals surface area contributed by atoms with E-state index in [0.717, 1.165) is 24.8 Å². The highest BCUT2D eigenvalue weighted by Gasteiger charge is 2.06. The number of rotatable bonds is 7. The first kappa shape index (κ1) is 13.2. The van der Waals surface area contributed by atoms with E-state index < -0.39 is 0 Å². The van der Waals surface area contributed by atoms with Crippen molar-refractivity contribution in [1.82, 2.24) is 0 Å². The van der Waals surface area contributed by atoms with Gasteiger partial charge in [0.15, 0.2) is 0 Å². The quantitative estimate of drug-likeness (QED) is 0.681. The molecule has 1 heteroatoms. The van der Waals surface area contributed by atoms with E-state index in [2.05, 4.69) is 38.1 Å². The topological polar surface area (TPSA) is 20.2 Å². The molecule has 0 aromatic heterocycles. The zero-order valence-electron chi connectivity index (χ0n) is 10.6. The van der Waals surface area contributed by atoms with E-state index in [1.807, 2.05) is 0 Å². The standard InChI is InChI=1S/C15H24O/c1-3-5-6-7-8-15(16)14-11-9-13(4-2)10-12-14/h9-12,15-16H,3-8H2,1-2H3. The van der Waals surface area contributed by atoms with Crippen molar-refractivity contribution in [2.45, 2.75) is 58.5 Å². The molecular formula is C15H24O. The minimum absolute atomic E-state index is 0.275. The Morgan fingerprint density at radius 1 is 1.00 bits per heavy atom. The van der Waals surface area contributed by atoms with Gasteiger partial charge < -0.3 is 5.11 Å². The molecule has 1 N–H and O–H groups in total. The Balaban J connectivity index is 2.37. The molecule has 1 aromatic carbocycles. The second-order valence-corrected chi connectivity index (χ2v) is 4.46. The van der Waals surface area contributed by atoms with Crippen LogP contribution >= 0.6 is 0 Å². The number of hydrogen-bond donors (Lipinski definition) is 1. The number of aryl methyl sites for hydroxylation is 1. The molecule has 0 heterocycles. The van der Waals surface area contributed by atoms with Gasteiger partial charge in [0.1, 0.15) is 0 Å². The van der Waals surface area contributed by atoms with Crippen molar-refractivity contribution >= 4 is 0 Å². The lowest BCUT2D eigenvalue weighted by molar-refractivity contribution is 0.163. The summed E-state index contributed by atoms with van der Waals surface area (Å²) in [5.41, 5.74) is 2.40. The van der Waals surface area contributed by atoms with Crippen LogP contribution in [0.25, 0.3) is 0 Å². The van der Waals surface area contributed by atoms with Crippen LogP contribution in [-0.4, -0.2) is 5.11 Å². The Hall–Kier alpha value is -0.820. The molecule has 0 radical (unpaired) electrons. The van der Waals surface area contributed by atoms with Crippen molar-refractivity contribution in [3.8, 4) is 0 Å². The molecule has 90 valence electrons. The second kappa shape index (κ2) is 7.45. The van der Waals surface area contributed by atoms with Gasteiger partial charge in [0.25, 0.3) is 0 Å². The number of hydrogen-bond acceptors (Lipinski definition) is 1. The molecule has 0 saturated heterocycles. The summed E-state index contributed by atoms with van der Waals surface area (Å²) in [6.45, 7) is 4.36. The first-order chi connectivity index (χ1) is 7.77. The van der Waals surface area contributed by atoms with Gasteiger partial charge >= 0.3 is 0 Å². The maximum absolute atomic E-state index is 9.98. The molecule has 0 fully saturated rings. The average molecular weight is 220 g/mol. The van der Waals surface area contributed by atoms with Gasteiger partial charge in [-0.3, -0.25) is 0 Å². The van der Waals surface area contributed by atoms with Gasteiger partial charge in [-0.05, 0) is 24.0 Å². The lowest BCUT2D eigenvalue weighted by Crippen LogP contribution is -1.97. The molecule has 0 amide bonds. The third-order valence-corrected chi connectivity index (χ3v) is 3.10. The predicted molar refractivity (Wildman–Crippen MR) is 69.5 cm³/mol. The van der Waals surface area contributed by atoms with E-state index >= 15 is 0 Å². The van der Waals surface area contributed by atoms with E-state index in [1.54, 1.807) is 0 Å². The van der Waals surface area contributed by atoms with E-state index in [0.29, 0.717) is 0 Å². The maximum atomic E-state index is 9.98. The van der Waals surface area contributed by atoms with Crippen LogP contribution in [0.3, 0.4) is 0 Å². The van der Waals surface area contributed by atoms with Crippen molar-refractivity contribution in [2.24, 2.45) is 0 Å². The summed E-state index contributed by atoms with van der Waals surface area (Å²) in [4.78, 5) is 0. The highest BCUT2D eigenvalue weighted by atomic mass is 16.3. The van der Waals surface area contributed by atoms with Crippen molar-refractivity contribution in [2.75, 3.05) is 0 Å². The van der Waals surface area contributed by atoms with Crippen molar-refractivity contribution in [1.29, 1.82) is 0 Å². The minimum atomic E-state index is -0.275. The van der Waals surface area contributed by atoms with Crippen LogP contribution in [0.1, 0.15) is 63.2 Å².